The third-order valence-corrected chi connectivity index (χ3v) is 3.60. The molecule has 0 aliphatic rings. The van der Waals surface area contributed by atoms with Crippen molar-refractivity contribution >= 4 is 11.6 Å². The molecule has 0 N–H and O–H groups in total. The van der Waals surface area contributed by atoms with E-state index in [2.05, 4.69) is 19.8 Å². The van der Waals surface area contributed by atoms with Crippen LogP contribution in [0.4, 0.5) is 0 Å². The fraction of sp³-hybridized carbons (Fsp3) is 0.529. The number of ether oxygens (including phenoxy) is 1. The van der Waals surface area contributed by atoms with Crippen molar-refractivity contribution < 1.29 is 4.74 Å². The van der Waals surface area contributed by atoms with Crippen molar-refractivity contribution in [2.24, 2.45) is 0 Å². The highest BCUT2D eigenvalue weighted by Gasteiger charge is 2.17. The van der Waals surface area contributed by atoms with E-state index in [-0.39, 0.29) is 0 Å². The summed E-state index contributed by atoms with van der Waals surface area (Å²) in [5.74, 6) is 4.05. The van der Waals surface area contributed by atoms with Gasteiger partial charge < -0.3 is 4.74 Å². The van der Waals surface area contributed by atoms with Crippen molar-refractivity contribution in [3.63, 3.8) is 0 Å². The van der Waals surface area contributed by atoms with E-state index in [1.165, 1.54) is 0 Å². The molecule has 1 atom stereocenters. The van der Waals surface area contributed by atoms with E-state index in [0.29, 0.717) is 5.92 Å². The molecule has 1 unspecified atom stereocenters. The lowest BCUT2D eigenvalue weighted by atomic mass is 9.90. The number of halogens is 1. The first-order valence-corrected chi connectivity index (χ1v) is 7.38. The highest BCUT2D eigenvalue weighted by atomic mass is 35.5. The topological polar surface area (TPSA) is 9.23 Å². The molecule has 0 heterocycles. The average Bonchev–Trinajstić information content (AvgIpc) is 2.39. The SMILES string of the molecule is C#CCC(CCC)c1cc(Cl)c(C)cc1OCCC. The van der Waals surface area contributed by atoms with Crippen LogP contribution in [0.15, 0.2) is 12.1 Å². The molecule has 0 aliphatic heterocycles. The van der Waals surface area contributed by atoms with Gasteiger partial charge >= 0.3 is 0 Å². The highest BCUT2D eigenvalue weighted by molar-refractivity contribution is 6.31. The van der Waals surface area contributed by atoms with Crippen LogP contribution in [0, 0.1) is 19.3 Å². The van der Waals surface area contributed by atoms with Crippen molar-refractivity contribution in [3.8, 4) is 18.1 Å². The molecule has 2 heteroatoms. The summed E-state index contributed by atoms with van der Waals surface area (Å²) in [6.45, 7) is 7.00. The van der Waals surface area contributed by atoms with E-state index in [9.17, 15) is 0 Å². The second-order valence-electron chi connectivity index (χ2n) is 4.88. The molecule has 0 radical (unpaired) electrons. The van der Waals surface area contributed by atoms with Gasteiger partial charge in [0.2, 0.25) is 0 Å². The molecule has 0 fully saturated rings. The Kier molecular flexibility index (Phi) is 6.81. The molecule has 19 heavy (non-hydrogen) atoms. The van der Waals surface area contributed by atoms with Crippen LogP contribution in [0.5, 0.6) is 5.75 Å². The molecule has 0 saturated carbocycles. The zero-order chi connectivity index (χ0) is 14.3. The predicted molar refractivity (Wildman–Crippen MR) is 83.1 cm³/mol. The van der Waals surface area contributed by atoms with Crippen LogP contribution in [-0.2, 0) is 0 Å². The molecule has 104 valence electrons. The maximum atomic E-state index is 6.26. The molecule has 1 aromatic rings. The molecule has 0 spiro atoms. The van der Waals surface area contributed by atoms with Gasteiger partial charge in [-0.25, -0.2) is 0 Å². The zero-order valence-corrected chi connectivity index (χ0v) is 12.9. The van der Waals surface area contributed by atoms with Crippen LogP contribution in [0.25, 0.3) is 0 Å². The van der Waals surface area contributed by atoms with Gasteiger partial charge in [-0.3, -0.25) is 0 Å². The largest absolute Gasteiger partial charge is 0.493 e. The Morgan fingerprint density at radius 3 is 2.63 bits per heavy atom. The van der Waals surface area contributed by atoms with E-state index in [4.69, 9.17) is 22.8 Å². The van der Waals surface area contributed by atoms with Crippen LogP contribution in [-0.4, -0.2) is 6.61 Å². The Hall–Kier alpha value is -1.13. The monoisotopic (exact) mass is 278 g/mol. The quantitative estimate of drug-likeness (QED) is 0.611. The molecule has 0 aromatic heterocycles. The van der Waals surface area contributed by atoms with Crippen molar-refractivity contribution in [1.82, 2.24) is 0 Å². The molecule has 1 nitrogen and oxygen atoms in total. The minimum atomic E-state index is 0.333. The Balaban J connectivity index is 3.13. The van der Waals surface area contributed by atoms with Crippen LogP contribution in [0.1, 0.15) is 56.6 Å². The maximum absolute atomic E-state index is 6.26. The van der Waals surface area contributed by atoms with E-state index >= 15 is 0 Å². The summed E-state index contributed by atoms with van der Waals surface area (Å²) in [5, 5.41) is 0.789. The van der Waals surface area contributed by atoms with Gasteiger partial charge in [0.25, 0.3) is 0 Å². The van der Waals surface area contributed by atoms with Gasteiger partial charge in [-0.2, -0.15) is 0 Å². The van der Waals surface area contributed by atoms with Crippen LogP contribution in [0.2, 0.25) is 5.02 Å². The number of aryl methyl sites for hydroxylation is 1. The maximum Gasteiger partial charge on any atom is 0.123 e. The second-order valence-corrected chi connectivity index (χ2v) is 5.29. The lowest BCUT2D eigenvalue weighted by Gasteiger charge is -2.19. The third-order valence-electron chi connectivity index (χ3n) is 3.19. The second kappa shape index (κ2) is 8.12. The molecule has 1 rings (SSSR count). The summed E-state index contributed by atoms with van der Waals surface area (Å²) < 4.78 is 5.87. The van der Waals surface area contributed by atoms with Crippen LogP contribution in [0.3, 0.4) is 0 Å². The summed E-state index contributed by atoms with van der Waals surface area (Å²) in [4.78, 5) is 0. The molecule has 0 saturated heterocycles. The number of hydrogen-bond donors (Lipinski definition) is 0. The van der Waals surface area contributed by atoms with Gasteiger partial charge in [0.05, 0.1) is 6.61 Å². The van der Waals surface area contributed by atoms with Crippen LogP contribution >= 0.6 is 11.6 Å². The van der Waals surface area contributed by atoms with Crippen LogP contribution < -0.4 is 4.74 Å². The summed E-state index contributed by atoms with van der Waals surface area (Å²) >= 11 is 6.26. The molecule has 1 aromatic carbocycles. The zero-order valence-electron chi connectivity index (χ0n) is 12.1. The molecule has 0 amide bonds. The minimum Gasteiger partial charge on any atom is -0.493 e. The summed E-state index contributed by atoms with van der Waals surface area (Å²) in [6.07, 6.45) is 9.38. The standard InChI is InChI=1S/C17H23ClO/c1-5-8-14(9-6-2)15-12-16(18)13(4)11-17(15)19-10-7-3/h1,11-12,14H,6-10H2,2-4H3. The number of terminal acetylenes is 1. The van der Waals surface area contributed by atoms with E-state index in [0.717, 1.165) is 54.2 Å². The van der Waals surface area contributed by atoms with Gasteiger partial charge in [0.15, 0.2) is 0 Å². The summed E-state index contributed by atoms with van der Waals surface area (Å²) in [5.41, 5.74) is 2.20. The van der Waals surface area contributed by atoms with Gasteiger partial charge in [-0.15, -0.1) is 12.3 Å². The molecule has 0 aliphatic carbocycles. The Morgan fingerprint density at radius 2 is 2.05 bits per heavy atom. The molecule has 0 bridgehead atoms. The first-order valence-electron chi connectivity index (χ1n) is 7.00. The first-order chi connectivity index (χ1) is 9.13. The normalized spacial score (nSPS) is 11.9. The van der Waals surface area contributed by atoms with E-state index in [1.54, 1.807) is 0 Å². The van der Waals surface area contributed by atoms with Gasteiger partial charge in [-0.1, -0.05) is 31.9 Å². The molecular weight excluding hydrogens is 256 g/mol. The van der Waals surface area contributed by atoms with Gasteiger partial charge in [0.1, 0.15) is 5.75 Å². The lowest BCUT2D eigenvalue weighted by molar-refractivity contribution is 0.311. The Morgan fingerprint density at radius 1 is 1.32 bits per heavy atom. The first kappa shape index (κ1) is 15.9. The summed E-state index contributed by atoms with van der Waals surface area (Å²) in [6, 6.07) is 4.06. The lowest BCUT2D eigenvalue weighted by Crippen LogP contribution is -2.05. The number of rotatable bonds is 7. The fourth-order valence-electron chi connectivity index (χ4n) is 2.18. The Bertz CT molecular complexity index is 445. The minimum absolute atomic E-state index is 0.333. The van der Waals surface area contributed by atoms with Crippen molar-refractivity contribution in [2.75, 3.05) is 6.61 Å². The van der Waals surface area contributed by atoms with Crippen molar-refractivity contribution in [1.29, 1.82) is 0 Å². The number of hydrogen-bond acceptors (Lipinski definition) is 1. The fourth-order valence-corrected chi connectivity index (χ4v) is 2.36. The Labute approximate surface area is 122 Å². The summed E-state index contributed by atoms with van der Waals surface area (Å²) in [7, 11) is 0. The predicted octanol–water partition coefficient (Wildman–Crippen LogP) is 5.34. The smallest absolute Gasteiger partial charge is 0.123 e. The van der Waals surface area contributed by atoms with E-state index in [1.807, 2.05) is 19.1 Å². The van der Waals surface area contributed by atoms with E-state index < -0.39 is 0 Å². The molecular formula is C17H23ClO. The van der Waals surface area contributed by atoms with Crippen molar-refractivity contribution in [2.45, 2.75) is 52.4 Å². The van der Waals surface area contributed by atoms with Gasteiger partial charge in [-0.05, 0) is 48.9 Å². The van der Waals surface area contributed by atoms with Gasteiger partial charge in [0, 0.05) is 11.4 Å². The third kappa shape index (κ3) is 4.48. The van der Waals surface area contributed by atoms with Crippen molar-refractivity contribution in [3.05, 3.63) is 28.3 Å². The highest BCUT2D eigenvalue weighted by Crippen LogP contribution is 2.36. The number of benzene rings is 1. The average molecular weight is 279 g/mol.